The molecule has 0 fully saturated rings. The predicted octanol–water partition coefficient (Wildman–Crippen LogP) is 3.23. The molecule has 0 aliphatic heterocycles. The van der Waals surface area contributed by atoms with Crippen LogP contribution in [0.2, 0.25) is 0 Å². The second kappa shape index (κ2) is 7.62. The number of hydrogen-bond donors (Lipinski definition) is 2. The van der Waals surface area contributed by atoms with Crippen LogP contribution in [0.25, 0.3) is 21.0 Å². The van der Waals surface area contributed by atoms with Gasteiger partial charge in [0.15, 0.2) is 5.13 Å². The summed E-state index contributed by atoms with van der Waals surface area (Å²) in [4.78, 5) is 30.4. The van der Waals surface area contributed by atoms with E-state index in [9.17, 15) is 9.59 Å². The number of thiazole rings is 1. The van der Waals surface area contributed by atoms with Crippen LogP contribution in [0, 0.1) is 0 Å². The number of amides is 2. The van der Waals surface area contributed by atoms with Gasteiger partial charge in [-0.25, -0.2) is 4.98 Å². The average molecular weight is 385 g/mol. The Balaban J connectivity index is 1.65. The lowest BCUT2D eigenvalue weighted by Crippen LogP contribution is -2.45. The minimum absolute atomic E-state index is 0.0126. The van der Waals surface area contributed by atoms with Crippen LogP contribution in [0.1, 0.15) is 20.8 Å². The molecule has 2 amide bonds. The van der Waals surface area contributed by atoms with Gasteiger partial charge in [-0.2, -0.15) is 0 Å². The van der Waals surface area contributed by atoms with E-state index in [1.807, 2.05) is 51.1 Å². The summed E-state index contributed by atoms with van der Waals surface area (Å²) < 4.78 is 1.02. The van der Waals surface area contributed by atoms with Crippen molar-refractivity contribution in [2.24, 2.45) is 0 Å². The van der Waals surface area contributed by atoms with Gasteiger partial charge in [-0.15, -0.1) is 0 Å². The molecule has 0 radical (unpaired) electrons. The number of anilines is 1. The van der Waals surface area contributed by atoms with Gasteiger partial charge in [0, 0.05) is 18.0 Å². The minimum atomic E-state index is -0.259. The van der Waals surface area contributed by atoms with Crippen molar-refractivity contribution in [2.75, 3.05) is 25.5 Å². The summed E-state index contributed by atoms with van der Waals surface area (Å²) >= 11 is 1.43. The van der Waals surface area contributed by atoms with E-state index in [-0.39, 0.29) is 30.4 Å². The summed E-state index contributed by atoms with van der Waals surface area (Å²) in [5.74, 6) is -0.389. The van der Waals surface area contributed by atoms with Crippen LogP contribution in [0.4, 0.5) is 5.13 Å². The van der Waals surface area contributed by atoms with Gasteiger partial charge in [-0.3, -0.25) is 9.59 Å². The number of likely N-dealkylation sites (N-methyl/N-ethyl adjacent to an activating group) is 1. The molecule has 6 nitrogen and oxygen atoms in total. The fraction of sp³-hybridized carbons (Fsp3) is 0.350. The number of carbonyl (C=O) groups excluding carboxylic acids is 2. The second-order valence-corrected chi connectivity index (χ2v) is 8.58. The molecule has 1 heterocycles. The van der Waals surface area contributed by atoms with Gasteiger partial charge in [0.25, 0.3) is 0 Å². The summed E-state index contributed by atoms with van der Waals surface area (Å²) in [6.45, 7) is 6.15. The molecule has 0 bridgehead atoms. The number of aromatic nitrogens is 1. The van der Waals surface area contributed by atoms with Gasteiger partial charge in [-0.1, -0.05) is 41.7 Å². The lowest BCUT2D eigenvalue weighted by Gasteiger charge is -2.23. The standard InChI is InChI=1S/C20H24N4O2S/c1-20(2,3)21-11-17(26)24(4)12-16(25)22-19-23-18-14-8-6-5-7-13(14)9-10-15(18)27-19/h5-10,21H,11-12H2,1-4H3,(H,22,23,25). The molecule has 1 aromatic heterocycles. The lowest BCUT2D eigenvalue weighted by atomic mass is 10.1. The average Bonchev–Trinajstić information content (AvgIpc) is 3.01. The van der Waals surface area contributed by atoms with Crippen LogP contribution in [0.3, 0.4) is 0 Å². The number of hydrogen-bond acceptors (Lipinski definition) is 5. The Morgan fingerprint density at radius 3 is 2.63 bits per heavy atom. The van der Waals surface area contributed by atoms with Crippen LogP contribution in [0.5, 0.6) is 0 Å². The highest BCUT2D eigenvalue weighted by Gasteiger charge is 2.17. The number of rotatable bonds is 5. The molecule has 0 saturated carbocycles. The van der Waals surface area contributed by atoms with Crippen molar-refractivity contribution >= 4 is 49.3 Å². The summed E-state index contributed by atoms with van der Waals surface area (Å²) in [7, 11) is 1.62. The van der Waals surface area contributed by atoms with Crippen LogP contribution < -0.4 is 10.6 Å². The maximum Gasteiger partial charge on any atom is 0.245 e. The highest BCUT2D eigenvalue weighted by Crippen LogP contribution is 2.31. The molecule has 7 heteroatoms. The molecule has 0 saturated heterocycles. The minimum Gasteiger partial charge on any atom is -0.335 e. The van der Waals surface area contributed by atoms with Crippen LogP contribution in [-0.4, -0.2) is 47.4 Å². The molecular weight excluding hydrogens is 360 g/mol. The molecule has 27 heavy (non-hydrogen) atoms. The zero-order valence-corrected chi connectivity index (χ0v) is 16.8. The van der Waals surface area contributed by atoms with Crippen molar-refractivity contribution in [1.29, 1.82) is 0 Å². The maximum absolute atomic E-state index is 12.3. The Labute approximate surface area is 162 Å². The van der Waals surface area contributed by atoms with E-state index in [1.54, 1.807) is 7.05 Å². The molecule has 3 aromatic rings. The quantitative estimate of drug-likeness (QED) is 0.708. The SMILES string of the molecule is CN(CC(=O)Nc1nc2c(ccc3ccccc32)s1)C(=O)CNC(C)(C)C. The van der Waals surface area contributed by atoms with Gasteiger partial charge in [0.05, 0.1) is 23.3 Å². The molecule has 2 aromatic carbocycles. The van der Waals surface area contributed by atoms with Crippen LogP contribution >= 0.6 is 11.3 Å². The number of nitrogens with zero attached hydrogens (tertiary/aromatic N) is 2. The maximum atomic E-state index is 12.3. The lowest BCUT2D eigenvalue weighted by molar-refractivity contribution is -0.132. The largest absolute Gasteiger partial charge is 0.335 e. The van der Waals surface area contributed by atoms with Crippen LogP contribution in [-0.2, 0) is 9.59 Å². The Bertz CT molecular complexity index is 990. The van der Waals surface area contributed by atoms with Gasteiger partial charge in [0.2, 0.25) is 11.8 Å². The first-order chi connectivity index (χ1) is 12.7. The third-order valence-corrected chi connectivity index (χ3v) is 5.04. The smallest absolute Gasteiger partial charge is 0.245 e. The normalized spacial score (nSPS) is 11.7. The Kier molecular flexibility index (Phi) is 5.43. The first-order valence-electron chi connectivity index (χ1n) is 8.80. The third-order valence-electron chi connectivity index (χ3n) is 4.11. The molecule has 0 aliphatic carbocycles. The molecule has 0 spiro atoms. The predicted molar refractivity (Wildman–Crippen MR) is 111 cm³/mol. The van der Waals surface area contributed by atoms with Gasteiger partial charge in [0.1, 0.15) is 0 Å². The van der Waals surface area contributed by atoms with E-state index in [0.717, 1.165) is 21.0 Å². The topological polar surface area (TPSA) is 74.3 Å². The van der Waals surface area contributed by atoms with Crippen molar-refractivity contribution in [2.45, 2.75) is 26.3 Å². The number of carbonyl (C=O) groups is 2. The van der Waals surface area contributed by atoms with E-state index in [1.165, 1.54) is 16.2 Å². The second-order valence-electron chi connectivity index (χ2n) is 7.55. The molecule has 0 atom stereocenters. The Morgan fingerprint density at radius 2 is 1.89 bits per heavy atom. The monoisotopic (exact) mass is 384 g/mol. The first-order valence-corrected chi connectivity index (χ1v) is 9.62. The fourth-order valence-corrected chi connectivity index (χ4v) is 3.55. The first kappa shape index (κ1) is 19.3. The van der Waals surface area contributed by atoms with Crippen molar-refractivity contribution in [3.8, 4) is 0 Å². The zero-order chi connectivity index (χ0) is 19.6. The van der Waals surface area contributed by atoms with Gasteiger partial charge in [-0.05, 0) is 32.2 Å². The summed E-state index contributed by atoms with van der Waals surface area (Å²) in [5.41, 5.74) is 0.731. The van der Waals surface area contributed by atoms with Crippen molar-refractivity contribution < 1.29 is 9.59 Å². The number of benzene rings is 2. The van der Waals surface area contributed by atoms with E-state index in [2.05, 4.69) is 21.7 Å². The van der Waals surface area contributed by atoms with E-state index >= 15 is 0 Å². The summed E-state index contributed by atoms with van der Waals surface area (Å²) in [6.07, 6.45) is 0. The van der Waals surface area contributed by atoms with Gasteiger partial charge < -0.3 is 15.5 Å². The number of nitrogens with one attached hydrogen (secondary N) is 2. The molecule has 142 valence electrons. The highest BCUT2D eigenvalue weighted by molar-refractivity contribution is 7.22. The van der Waals surface area contributed by atoms with Crippen molar-refractivity contribution in [1.82, 2.24) is 15.2 Å². The van der Waals surface area contributed by atoms with Crippen LogP contribution in [0.15, 0.2) is 36.4 Å². The Hall–Kier alpha value is -2.51. The van der Waals surface area contributed by atoms with E-state index < -0.39 is 0 Å². The van der Waals surface area contributed by atoms with Crippen molar-refractivity contribution in [3.63, 3.8) is 0 Å². The summed E-state index contributed by atoms with van der Waals surface area (Å²) in [6, 6.07) is 12.1. The molecule has 0 unspecified atom stereocenters. The third kappa shape index (κ3) is 4.81. The molecule has 0 aliphatic rings. The van der Waals surface area contributed by atoms with E-state index in [4.69, 9.17) is 0 Å². The Morgan fingerprint density at radius 1 is 1.15 bits per heavy atom. The van der Waals surface area contributed by atoms with E-state index in [0.29, 0.717) is 5.13 Å². The zero-order valence-electron chi connectivity index (χ0n) is 16.0. The summed E-state index contributed by atoms with van der Waals surface area (Å²) in [5, 5.41) is 8.65. The molecular formula is C20H24N4O2S. The fourth-order valence-electron chi connectivity index (χ4n) is 2.65. The highest BCUT2D eigenvalue weighted by atomic mass is 32.1. The number of fused-ring (bicyclic) bond motifs is 3. The molecule has 3 rings (SSSR count). The molecule has 2 N–H and O–H groups in total. The van der Waals surface area contributed by atoms with Gasteiger partial charge >= 0.3 is 0 Å². The van der Waals surface area contributed by atoms with Crippen molar-refractivity contribution in [3.05, 3.63) is 36.4 Å².